The standard InChI is InChI=1S/C21H25F3N2O2/c1-13(2)12-28-17-10-9-16(14-7-5-6-8-15(14)17)19(21(22,23)24)26-20(3,4)11-18(27)25-26/h5-10,13,19H,11-12H2,1-4H3,(H,25,27). The average molecular weight is 394 g/mol. The summed E-state index contributed by atoms with van der Waals surface area (Å²) < 4.78 is 48.4. The number of nitrogens with one attached hydrogen (secondary N) is 1. The zero-order valence-electron chi connectivity index (χ0n) is 16.4. The summed E-state index contributed by atoms with van der Waals surface area (Å²) in [5.74, 6) is 0.432. The van der Waals surface area contributed by atoms with Gasteiger partial charge in [0.2, 0.25) is 5.91 Å². The summed E-state index contributed by atoms with van der Waals surface area (Å²) in [5, 5.41) is 2.12. The molecule has 0 saturated carbocycles. The second-order valence-electron chi connectivity index (χ2n) is 8.24. The summed E-state index contributed by atoms with van der Waals surface area (Å²) in [6.45, 7) is 7.75. The second kappa shape index (κ2) is 7.28. The van der Waals surface area contributed by atoms with E-state index in [2.05, 4.69) is 5.43 Å². The highest BCUT2D eigenvalue weighted by Gasteiger charge is 2.53. The van der Waals surface area contributed by atoms with E-state index in [-0.39, 0.29) is 12.0 Å². The normalized spacial score (nSPS) is 18.5. The van der Waals surface area contributed by atoms with Gasteiger partial charge in [0.15, 0.2) is 6.04 Å². The number of ether oxygens (including phenoxy) is 1. The zero-order valence-corrected chi connectivity index (χ0v) is 16.4. The van der Waals surface area contributed by atoms with E-state index in [4.69, 9.17) is 4.74 Å². The summed E-state index contributed by atoms with van der Waals surface area (Å²) >= 11 is 0. The first-order chi connectivity index (χ1) is 13.0. The van der Waals surface area contributed by atoms with E-state index in [1.54, 1.807) is 44.2 Å². The molecule has 1 aliphatic rings. The number of amides is 1. The van der Waals surface area contributed by atoms with Crippen molar-refractivity contribution >= 4 is 16.7 Å². The molecular weight excluding hydrogens is 369 g/mol. The van der Waals surface area contributed by atoms with Crippen LogP contribution in [0.2, 0.25) is 0 Å². The van der Waals surface area contributed by atoms with Crippen molar-refractivity contribution in [1.29, 1.82) is 0 Å². The molecule has 1 unspecified atom stereocenters. The van der Waals surface area contributed by atoms with Crippen molar-refractivity contribution in [2.24, 2.45) is 5.92 Å². The first kappa shape index (κ1) is 20.5. The molecule has 28 heavy (non-hydrogen) atoms. The van der Waals surface area contributed by atoms with Crippen LogP contribution in [0.1, 0.15) is 45.7 Å². The second-order valence-corrected chi connectivity index (χ2v) is 8.24. The van der Waals surface area contributed by atoms with Crippen LogP contribution >= 0.6 is 0 Å². The number of rotatable bonds is 5. The molecule has 0 radical (unpaired) electrons. The Hall–Kier alpha value is -2.28. The fourth-order valence-corrected chi connectivity index (χ4v) is 3.59. The molecule has 0 aliphatic carbocycles. The molecule has 3 rings (SSSR count). The van der Waals surface area contributed by atoms with Crippen LogP contribution in [0.25, 0.3) is 10.8 Å². The first-order valence-corrected chi connectivity index (χ1v) is 9.30. The van der Waals surface area contributed by atoms with Crippen molar-refractivity contribution < 1.29 is 22.7 Å². The minimum atomic E-state index is -4.57. The smallest absolute Gasteiger partial charge is 0.409 e. The number of nitrogens with zero attached hydrogens (tertiary/aromatic N) is 1. The SMILES string of the molecule is CC(C)COc1ccc(C(N2NC(=O)CC2(C)C)C(F)(F)F)c2ccccc12. The fraction of sp³-hybridized carbons (Fsp3) is 0.476. The molecule has 7 heteroatoms. The Bertz CT molecular complexity index is 878. The summed E-state index contributed by atoms with van der Waals surface area (Å²) in [7, 11) is 0. The van der Waals surface area contributed by atoms with Crippen molar-refractivity contribution in [3.05, 3.63) is 42.0 Å². The largest absolute Gasteiger partial charge is 0.493 e. The monoisotopic (exact) mass is 394 g/mol. The lowest BCUT2D eigenvalue weighted by atomic mass is 9.93. The predicted octanol–water partition coefficient (Wildman–Crippen LogP) is 4.99. The molecule has 2 aromatic rings. The van der Waals surface area contributed by atoms with Gasteiger partial charge in [-0.15, -0.1) is 0 Å². The Balaban J connectivity index is 2.14. The van der Waals surface area contributed by atoms with Gasteiger partial charge >= 0.3 is 6.18 Å². The van der Waals surface area contributed by atoms with E-state index in [0.29, 0.717) is 29.0 Å². The zero-order chi connectivity index (χ0) is 20.7. The average Bonchev–Trinajstić information content (AvgIpc) is 2.85. The van der Waals surface area contributed by atoms with Gasteiger partial charge in [0.1, 0.15) is 5.75 Å². The summed E-state index contributed by atoms with van der Waals surface area (Å²) in [4.78, 5) is 11.9. The van der Waals surface area contributed by atoms with Crippen LogP contribution in [0.5, 0.6) is 5.75 Å². The fourth-order valence-electron chi connectivity index (χ4n) is 3.59. The molecule has 2 aromatic carbocycles. The molecule has 1 fully saturated rings. The minimum absolute atomic E-state index is 0.00704. The lowest BCUT2D eigenvalue weighted by molar-refractivity contribution is -0.203. The van der Waals surface area contributed by atoms with Gasteiger partial charge in [-0.2, -0.15) is 18.2 Å². The number of hydrogen-bond acceptors (Lipinski definition) is 3. The number of fused-ring (bicyclic) bond motifs is 1. The number of halogens is 3. The molecule has 0 spiro atoms. The maximum absolute atomic E-state index is 14.2. The molecule has 1 amide bonds. The van der Waals surface area contributed by atoms with E-state index in [0.717, 1.165) is 5.01 Å². The quantitative estimate of drug-likeness (QED) is 0.777. The summed E-state index contributed by atoms with van der Waals surface area (Å²) in [6.07, 6.45) is -4.56. The van der Waals surface area contributed by atoms with Gasteiger partial charge in [-0.1, -0.05) is 44.2 Å². The molecular formula is C21H25F3N2O2. The number of alkyl halides is 3. The van der Waals surface area contributed by atoms with Crippen LogP contribution in [0, 0.1) is 5.92 Å². The van der Waals surface area contributed by atoms with Crippen LogP contribution in [0.15, 0.2) is 36.4 Å². The van der Waals surface area contributed by atoms with Gasteiger partial charge in [0, 0.05) is 17.3 Å². The highest BCUT2D eigenvalue weighted by atomic mass is 19.4. The van der Waals surface area contributed by atoms with Crippen molar-refractivity contribution in [2.75, 3.05) is 6.61 Å². The van der Waals surface area contributed by atoms with Gasteiger partial charge in [0.05, 0.1) is 6.61 Å². The third kappa shape index (κ3) is 3.94. The lowest BCUT2D eigenvalue weighted by Gasteiger charge is -2.38. The Labute approximate surface area is 162 Å². The minimum Gasteiger partial charge on any atom is -0.493 e. The molecule has 1 saturated heterocycles. The number of hydrazine groups is 1. The molecule has 1 heterocycles. The van der Waals surface area contributed by atoms with E-state index in [1.807, 2.05) is 13.8 Å². The number of hydrogen-bond donors (Lipinski definition) is 1. The van der Waals surface area contributed by atoms with Crippen molar-refractivity contribution in [2.45, 2.75) is 51.9 Å². The molecule has 1 atom stereocenters. The Morgan fingerprint density at radius 3 is 2.32 bits per heavy atom. The molecule has 4 nitrogen and oxygen atoms in total. The maximum atomic E-state index is 14.2. The first-order valence-electron chi connectivity index (χ1n) is 9.30. The highest BCUT2D eigenvalue weighted by molar-refractivity contribution is 5.91. The van der Waals surface area contributed by atoms with Gasteiger partial charge in [-0.25, -0.2) is 0 Å². The summed E-state index contributed by atoms with van der Waals surface area (Å²) in [6, 6.07) is 7.99. The molecule has 1 aliphatic heterocycles. The van der Waals surface area contributed by atoms with Gasteiger partial charge in [-0.3, -0.25) is 10.2 Å². The number of carbonyl (C=O) groups is 1. The summed E-state index contributed by atoms with van der Waals surface area (Å²) in [5.41, 5.74) is 1.54. The van der Waals surface area contributed by atoms with Crippen molar-refractivity contribution in [3.8, 4) is 5.75 Å². The number of carbonyl (C=O) groups excluding carboxylic acids is 1. The Kier molecular flexibility index (Phi) is 5.32. The third-order valence-corrected chi connectivity index (χ3v) is 4.84. The molecule has 0 aromatic heterocycles. The van der Waals surface area contributed by atoms with Gasteiger partial charge < -0.3 is 4.74 Å². The van der Waals surface area contributed by atoms with Crippen LogP contribution < -0.4 is 10.2 Å². The van der Waals surface area contributed by atoms with Crippen LogP contribution in [0.4, 0.5) is 13.2 Å². The van der Waals surface area contributed by atoms with Gasteiger partial charge in [0.25, 0.3) is 0 Å². The lowest BCUT2D eigenvalue weighted by Crippen LogP contribution is -2.51. The predicted molar refractivity (Wildman–Crippen MR) is 102 cm³/mol. The third-order valence-electron chi connectivity index (χ3n) is 4.84. The van der Waals surface area contributed by atoms with E-state index < -0.39 is 23.7 Å². The molecule has 1 N–H and O–H groups in total. The topological polar surface area (TPSA) is 41.6 Å². The van der Waals surface area contributed by atoms with Crippen molar-refractivity contribution in [3.63, 3.8) is 0 Å². The van der Waals surface area contributed by atoms with E-state index in [1.165, 1.54) is 6.07 Å². The van der Waals surface area contributed by atoms with Crippen LogP contribution in [-0.2, 0) is 4.79 Å². The number of benzene rings is 2. The van der Waals surface area contributed by atoms with Crippen LogP contribution in [-0.4, -0.2) is 29.2 Å². The highest BCUT2D eigenvalue weighted by Crippen LogP contribution is 2.45. The Morgan fingerprint density at radius 2 is 1.79 bits per heavy atom. The van der Waals surface area contributed by atoms with Crippen molar-refractivity contribution in [1.82, 2.24) is 10.4 Å². The molecule has 152 valence electrons. The molecule has 0 bridgehead atoms. The van der Waals surface area contributed by atoms with Gasteiger partial charge in [-0.05, 0) is 36.8 Å². The maximum Gasteiger partial charge on any atom is 0.409 e. The van der Waals surface area contributed by atoms with Crippen LogP contribution in [0.3, 0.4) is 0 Å². The van der Waals surface area contributed by atoms with E-state index >= 15 is 0 Å². The Morgan fingerprint density at radius 1 is 1.14 bits per heavy atom. The van der Waals surface area contributed by atoms with E-state index in [9.17, 15) is 18.0 Å².